The monoisotopic (exact) mass is 374 g/mol. The van der Waals surface area contributed by atoms with Gasteiger partial charge in [0.2, 0.25) is 0 Å². The fourth-order valence-electron chi connectivity index (χ4n) is 2.37. The number of hydrogen-bond donors (Lipinski definition) is 2. The van der Waals surface area contributed by atoms with Crippen LogP contribution in [-0.4, -0.2) is 24.1 Å². The van der Waals surface area contributed by atoms with E-state index in [4.69, 9.17) is 4.74 Å². The van der Waals surface area contributed by atoms with Crippen molar-refractivity contribution in [2.75, 3.05) is 7.05 Å². The topological polar surface area (TPSA) is 58.5 Å². The van der Waals surface area contributed by atoms with Gasteiger partial charge < -0.3 is 15.4 Å². The smallest absolute Gasteiger partial charge is 0.191 e. The number of aryl methyl sites for hydroxylation is 2. The van der Waals surface area contributed by atoms with E-state index >= 15 is 0 Å². The second kappa shape index (κ2) is 10.2. The molecule has 142 valence electrons. The molecule has 0 bridgehead atoms. The van der Waals surface area contributed by atoms with Crippen LogP contribution in [0.4, 0.5) is 0 Å². The Balaban J connectivity index is 1.95. The molecule has 1 atom stereocenters. The van der Waals surface area contributed by atoms with E-state index in [1.165, 1.54) is 10.4 Å². The highest BCUT2D eigenvalue weighted by atomic mass is 32.1. The lowest BCUT2D eigenvalue weighted by molar-refractivity contribution is 0.215. The quantitative estimate of drug-likeness (QED) is 0.540. The predicted molar refractivity (Wildman–Crippen MR) is 110 cm³/mol. The molecule has 0 spiro atoms. The van der Waals surface area contributed by atoms with Crippen LogP contribution in [0.25, 0.3) is 0 Å². The van der Waals surface area contributed by atoms with Crippen molar-refractivity contribution in [2.24, 2.45) is 4.99 Å². The summed E-state index contributed by atoms with van der Waals surface area (Å²) in [7, 11) is 1.78. The van der Waals surface area contributed by atoms with Crippen molar-refractivity contribution < 1.29 is 4.74 Å². The van der Waals surface area contributed by atoms with E-state index in [0.717, 1.165) is 35.1 Å². The van der Waals surface area contributed by atoms with Gasteiger partial charge in [0.1, 0.15) is 10.8 Å². The van der Waals surface area contributed by atoms with Gasteiger partial charge in [-0.15, -0.1) is 11.3 Å². The molecule has 5 nitrogen and oxygen atoms in total. The van der Waals surface area contributed by atoms with Crippen molar-refractivity contribution in [3.8, 4) is 5.75 Å². The van der Waals surface area contributed by atoms with E-state index in [0.29, 0.717) is 13.1 Å². The van der Waals surface area contributed by atoms with E-state index in [9.17, 15) is 0 Å². The van der Waals surface area contributed by atoms with Crippen LogP contribution in [0.1, 0.15) is 48.2 Å². The minimum atomic E-state index is 0.200. The molecule has 1 aromatic heterocycles. The van der Waals surface area contributed by atoms with Crippen molar-refractivity contribution in [2.45, 2.75) is 59.7 Å². The minimum absolute atomic E-state index is 0.200. The van der Waals surface area contributed by atoms with E-state index < -0.39 is 0 Å². The lowest BCUT2D eigenvalue weighted by Crippen LogP contribution is -2.36. The first-order valence-corrected chi connectivity index (χ1v) is 10.0. The summed E-state index contributed by atoms with van der Waals surface area (Å²) in [5.74, 6) is 1.70. The highest BCUT2D eigenvalue weighted by Crippen LogP contribution is 2.22. The molecule has 1 heterocycles. The molecule has 1 aromatic carbocycles. The molecule has 2 N–H and O–H groups in total. The largest absolute Gasteiger partial charge is 0.490 e. The first-order chi connectivity index (χ1) is 12.5. The molecule has 0 fully saturated rings. The van der Waals surface area contributed by atoms with Gasteiger partial charge in [-0.2, -0.15) is 0 Å². The normalized spacial score (nSPS) is 12.7. The van der Waals surface area contributed by atoms with Crippen LogP contribution in [-0.2, 0) is 19.5 Å². The molecule has 2 aromatic rings. The van der Waals surface area contributed by atoms with Crippen molar-refractivity contribution in [1.29, 1.82) is 0 Å². The van der Waals surface area contributed by atoms with Crippen molar-refractivity contribution in [1.82, 2.24) is 15.6 Å². The summed E-state index contributed by atoms with van der Waals surface area (Å²) in [6.07, 6.45) is 4.16. The zero-order valence-corrected chi connectivity index (χ0v) is 17.2. The number of nitrogens with zero attached hydrogens (tertiary/aromatic N) is 2. The number of benzene rings is 1. The Bertz CT molecular complexity index is 726. The lowest BCUT2D eigenvalue weighted by Gasteiger charge is -2.18. The molecule has 0 aliphatic carbocycles. The van der Waals surface area contributed by atoms with Gasteiger partial charge in [0, 0.05) is 30.2 Å². The fourth-order valence-corrected chi connectivity index (χ4v) is 3.17. The highest BCUT2D eigenvalue weighted by Gasteiger charge is 2.09. The lowest BCUT2D eigenvalue weighted by atomic mass is 10.1. The number of nitrogens with one attached hydrogen (secondary N) is 2. The Morgan fingerprint density at radius 1 is 1.27 bits per heavy atom. The molecule has 6 heteroatoms. The first kappa shape index (κ1) is 20.2. The van der Waals surface area contributed by atoms with E-state index in [1.54, 1.807) is 18.4 Å². The van der Waals surface area contributed by atoms with E-state index in [2.05, 4.69) is 66.5 Å². The first-order valence-electron chi connectivity index (χ1n) is 9.19. The summed E-state index contributed by atoms with van der Waals surface area (Å²) in [5.41, 5.74) is 2.33. The standard InChI is InChI=1S/C20H30N4OS/c1-6-15(4)25-18-10-14(3)8-9-16(18)11-23-20(21-5)24-13-19-22-12-17(7-2)26-19/h8-10,12,15H,6-7,11,13H2,1-5H3,(H2,21,23,24). The Morgan fingerprint density at radius 2 is 2.04 bits per heavy atom. The zero-order valence-electron chi connectivity index (χ0n) is 16.4. The van der Waals surface area contributed by atoms with Gasteiger partial charge in [0.25, 0.3) is 0 Å². The number of rotatable bonds is 8. The second-order valence-corrected chi connectivity index (χ2v) is 7.50. The Kier molecular flexibility index (Phi) is 7.91. The van der Waals surface area contributed by atoms with Crippen molar-refractivity contribution in [3.05, 3.63) is 45.4 Å². The summed E-state index contributed by atoms with van der Waals surface area (Å²) >= 11 is 1.74. The third kappa shape index (κ3) is 6.02. The summed E-state index contributed by atoms with van der Waals surface area (Å²) in [4.78, 5) is 10.0. The Labute approximate surface area is 160 Å². The number of ether oxygens (including phenoxy) is 1. The average molecular weight is 375 g/mol. The highest BCUT2D eigenvalue weighted by molar-refractivity contribution is 7.11. The van der Waals surface area contributed by atoms with E-state index in [1.807, 2.05) is 6.20 Å². The van der Waals surface area contributed by atoms with Crippen LogP contribution in [0.15, 0.2) is 29.4 Å². The SMILES string of the molecule is CCc1cnc(CNC(=NC)NCc2ccc(C)cc2OC(C)CC)s1. The molecule has 0 saturated carbocycles. The molecule has 1 unspecified atom stereocenters. The molecule has 0 radical (unpaired) electrons. The molecular formula is C20H30N4OS. The van der Waals surface area contributed by atoms with E-state index in [-0.39, 0.29) is 6.10 Å². The van der Waals surface area contributed by atoms with Crippen LogP contribution in [0, 0.1) is 6.92 Å². The zero-order chi connectivity index (χ0) is 18.9. The fraction of sp³-hybridized carbons (Fsp3) is 0.500. The maximum absolute atomic E-state index is 6.08. The second-order valence-electron chi connectivity index (χ2n) is 6.30. The van der Waals surface area contributed by atoms with Gasteiger partial charge >= 0.3 is 0 Å². The molecule has 0 saturated heterocycles. The Hall–Kier alpha value is -2.08. The van der Waals surface area contributed by atoms with Gasteiger partial charge in [-0.05, 0) is 38.3 Å². The molecular weight excluding hydrogens is 344 g/mol. The van der Waals surface area contributed by atoms with Gasteiger partial charge in [-0.3, -0.25) is 4.99 Å². The number of hydrogen-bond acceptors (Lipinski definition) is 4. The molecule has 0 amide bonds. The maximum Gasteiger partial charge on any atom is 0.191 e. The third-order valence-electron chi connectivity index (χ3n) is 4.15. The molecule has 2 rings (SSSR count). The number of aromatic nitrogens is 1. The van der Waals surface area contributed by atoms with Gasteiger partial charge in [-0.25, -0.2) is 4.98 Å². The third-order valence-corrected chi connectivity index (χ3v) is 5.29. The van der Waals surface area contributed by atoms with Crippen LogP contribution in [0.5, 0.6) is 5.75 Å². The van der Waals surface area contributed by atoms with Crippen molar-refractivity contribution >= 4 is 17.3 Å². The summed E-state index contributed by atoms with van der Waals surface area (Å²) in [6, 6.07) is 6.32. The summed E-state index contributed by atoms with van der Waals surface area (Å²) < 4.78 is 6.08. The van der Waals surface area contributed by atoms with Crippen LogP contribution in [0.2, 0.25) is 0 Å². The number of aliphatic imine (C=N–C) groups is 1. The van der Waals surface area contributed by atoms with Gasteiger partial charge in [-0.1, -0.05) is 26.0 Å². The van der Waals surface area contributed by atoms with Gasteiger partial charge in [0.05, 0.1) is 12.6 Å². The number of guanidine groups is 1. The Morgan fingerprint density at radius 3 is 2.69 bits per heavy atom. The average Bonchev–Trinajstić information content (AvgIpc) is 3.11. The maximum atomic E-state index is 6.08. The summed E-state index contributed by atoms with van der Waals surface area (Å²) in [5, 5.41) is 7.76. The summed E-state index contributed by atoms with van der Waals surface area (Å²) in [6.45, 7) is 9.79. The van der Waals surface area contributed by atoms with Crippen LogP contribution < -0.4 is 15.4 Å². The van der Waals surface area contributed by atoms with Crippen LogP contribution in [0.3, 0.4) is 0 Å². The number of thiazole rings is 1. The molecule has 0 aliphatic rings. The molecule has 0 aliphatic heterocycles. The van der Waals surface area contributed by atoms with Gasteiger partial charge in [0.15, 0.2) is 5.96 Å². The van der Waals surface area contributed by atoms with Crippen molar-refractivity contribution in [3.63, 3.8) is 0 Å². The molecule has 26 heavy (non-hydrogen) atoms. The predicted octanol–water partition coefficient (Wildman–Crippen LogP) is 4.06. The van der Waals surface area contributed by atoms with Crippen LogP contribution >= 0.6 is 11.3 Å². The minimum Gasteiger partial charge on any atom is -0.490 e.